The molecule has 3 aromatic rings. The molecule has 0 aliphatic rings. The van der Waals surface area contributed by atoms with Gasteiger partial charge in [0.1, 0.15) is 0 Å². The summed E-state index contributed by atoms with van der Waals surface area (Å²) in [7, 11) is 2.06. The smallest absolute Gasteiger partial charge is 0.166 e. The number of carbonyl (C=O) groups is 1. The van der Waals surface area contributed by atoms with E-state index in [0.717, 1.165) is 42.1 Å². The Hall–Kier alpha value is -2.92. The second-order valence-electron chi connectivity index (χ2n) is 8.52. The van der Waals surface area contributed by atoms with E-state index in [1.165, 1.54) is 11.1 Å². The van der Waals surface area contributed by atoms with Gasteiger partial charge in [-0.25, -0.2) is 0 Å². The number of aromatic amines is 2. The average molecular weight is 405 g/mol. The third kappa shape index (κ3) is 5.36. The molecule has 2 heterocycles. The lowest BCUT2D eigenvalue weighted by Crippen LogP contribution is -2.17. The number of para-hydroxylation sites is 1. The lowest BCUT2D eigenvalue weighted by atomic mass is 9.93. The van der Waals surface area contributed by atoms with E-state index in [-0.39, 0.29) is 0 Å². The summed E-state index contributed by atoms with van der Waals surface area (Å²) in [6.45, 7) is 10.4. The van der Waals surface area contributed by atoms with Crippen LogP contribution < -0.4 is 0 Å². The van der Waals surface area contributed by atoms with Gasteiger partial charge in [-0.1, -0.05) is 45.9 Å². The van der Waals surface area contributed by atoms with E-state index in [9.17, 15) is 4.79 Å². The summed E-state index contributed by atoms with van der Waals surface area (Å²) in [5.41, 5.74) is 7.42. The fourth-order valence-electron chi connectivity index (χ4n) is 3.68. The van der Waals surface area contributed by atoms with Crippen molar-refractivity contribution in [2.75, 3.05) is 7.05 Å². The van der Waals surface area contributed by atoms with E-state index in [1.54, 1.807) is 6.07 Å². The summed E-state index contributed by atoms with van der Waals surface area (Å²) in [5.74, 6) is 0.854. The molecule has 1 aromatic carbocycles. The number of H-pyrrole nitrogens is 2. The molecule has 0 fully saturated rings. The third-order valence-electron chi connectivity index (χ3n) is 5.22. The van der Waals surface area contributed by atoms with Gasteiger partial charge >= 0.3 is 0 Å². The van der Waals surface area contributed by atoms with E-state index in [1.807, 2.05) is 12.3 Å². The number of nitrogens with zero attached hydrogens (tertiary/aromatic N) is 2. The van der Waals surface area contributed by atoms with E-state index in [4.69, 9.17) is 4.99 Å². The Morgan fingerprint density at radius 2 is 1.40 bits per heavy atom. The van der Waals surface area contributed by atoms with Gasteiger partial charge in [-0.05, 0) is 54.3 Å². The SMILES string of the molecule is CC(C)c1cccc(C(C)C)c1N=Cc1ccc(CN(C)Cc2ccc(C=O)[nH]2)[nH]1. The van der Waals surface area contributed by atoms with Crippen molar-refractivity contribution >= 4 is 18.2 Å². The monoisotopic (exact) mass is 404 g/mol. The number of aldehydes is 1. The predicted octanol–water partition coefficient (Wildman–Crippen LogP) is 5.78. The van der Waals surface area contributed by atoms with Gasteiger partial charge in [0.2, 0.25) is 0 Å². The van der Waals surface area contributed by atoms with Crippen molar-refractivity contribution in [3.8, 4) is 0 Å². The van der Waals surface area contributed by atoms with Gasteiger partial charge in [0, 0.05) is 24.5 Å². The quantitative estimate of drug-likeness (QED) is 0.350. The maximum Gasteiger partial charge on any atom is 0.166 e. The summed E-state index contributed by atoms with van der Waals surface area (Å²) in [5, 5.41) is 0. The van der Waals surface area contributed by atoms with Gasteiger partial charge < -0.3 is 9.97 Å². The zero-order valence-corrected chi connectivity index (χ0v) is 18.6. The molecule has 0 saturated carbocycles. The van der Waals surface area contributed by atoms with Crippen LogP contribution in [0.2, 0.25) is 0 Å². The van der Waals surface area contributed by atoms with Gasteiger partial charge in [0.05, 0.1) is 23.3 Å². The Balaban J connectivity index is 1.71. The molecular weight excluding hydrogens is 372 g/mol. The highest BCUT2D eigenvalue weighted by Crippen LogP contribution is 2.34. The molecule has 0 saturated heterocycles. The van der Waals surface area contributed by atoms with E-state index < -0.39 is 0 Å². The summed E-state index contributed by atoms with van der Waals surface area (Å²) in [6.07, 6.45) is 2.76. The molecule has 0 spiro atoms. The number of hydrogen-bond donors (Lipinski definition) is 2. The molecule has 0 bridgehead atoms. The van der Waals surface area contributed by atoms with Crippen LogP contribution in [0.3, 0.4) is 0 Å². The van der Waals surface area contributed by atoms with Crippen molar-refractivity contribution in [3.63, 3.8) is 0 Å². The van der Waals surface area contributed by atoms with E-state index >= 15 is 0 Å². The Kier molecular flexibility index (Phi) is 7.06. The fraction of sp³-hybridized carbons (Fsp3) is 0.360. The van der Waals surface area contributed by atoms with Crippen molar-refractivity contribution in [2.24, 2.45) is 4.99 Å². The number of hydrogen-bond acceptors (Lipinski definition) is 3. The number of rotatable bonds is 9. The van der Waals surface area contributed by atoms with Crippen LogP contribution >= 0.6 is 0 Å². The highest BCUT2D eigenvalue weighted by molar-refractivity contribution is 5.81. The van der Waals surface area contributed by atoms with Crippen LogP contribution in [-0.2, 0) is 13.1 Å². The largest absolute Gasteiger partial charge is 0.357 e. The standard InChI is InChI=1S/C25H32N4O/c1-17(2)23-7-6-8-24(18(3)4)25(23)26-13-19-9-10-20(27-19)14-29(5)15-21-11-12-22(16-30)28-21/h6-13,16-18,27-28H,14-15H2,1-5H3. The third-order valence-corrected chi connectivity index (χ3v) is 5.22. The lowest BCUT2D eigenvalue weighted by molar-refractivity contribution is 0.111. The number of carbonyl (C=O) groups excluding carboxylic acids is 1. The van der Waals surface area contributed by atoms with Crippen LogP contribution in [0.5, 0.6) is 0 Å². The first-order chi connectivity index (χ1) is 14.4. The maximum atomic E-state index is 10.8. The lowest BCUT2D eigenvalue weighted by Gasteiger charge is -2.16. The van der Waals surface area contributed by atoms with E-state index in [0.29, 0.717) is 17.5 Å². The molecule has 158 valence electrons. The minimum absolute atomic E-state index is 0.427. The maximum absolute atomic E-state index is 10.8. The number of nitrogens with one attached hydrogen (secondary N) is 2. The molecule has 5 heteroatoms. The molecule has 5 nitrogen and oxygen atoms in total. The zero-order chi connectivity index (χ0) is 21.7. The normalized spacial score (nSPS) is 12.0. The number of aliphatic imine (C=N–C) groups is 1. The minimum atomic E-state index is 0.427. The Labute approximate surface area is 179 Å². The average Bonchev–Trinajstić information content (AvgIpc) is 3.34. The van der Waals surface area contributed by atoms with Crippen molar-refractivity contribution in [2.45, 2.75) is 52.6 Å². The highest BCUT2D eigenvalue weighted by atomic mass is 16.1. The Morgan fingerprint density at radius 1 is 0.867 bits per heavy atom. The second kappa shape index (κ2) is 9.72. The van der Waals surface area contributed by atoms with Crippen LogP contribution in [0.1, 0.15) is 78.2 Å². The molecule has 0 aliphatic carbocycles. The first-order valence-corrected chi connectivity index (χ1v) is 10.5. The van der Waals surface area contributed by atoms with Crippen LogP contribution in [0.25, 0.3) is 0 Å². The van der Waals surface area contributed by atoms with Crippen molar-refractivity contribution < 1.29 is 4.79 Å². The van der Waals surface area contributed by atoms with Crippen LogP contribution in [0.15, 0.2) is 47.5 Å². The topological polar surface area (TPSA) is 64.2 Å². The van der Waals surface area contributed by atoms with Gasteiger partial charge in [-0.15, -0.1) is 0 Å². The zero-order valence-electron chi connectivity index (χ0n) is 18.6. The van der Waals surface area contributed by atoms with Crippen LogP contribution in [0, 0.1) is 0 Å². The molecule has 2 aromatic heterocycles. The van der Waals surface area contributed by atoms with Crippen LogP contribution in [-0.4, -0.2) is 34.4 Å². The first-order valence-electron chi connectivity index (χ1n) is 10.5. The Bertz CT molecular complexity index is 984. The van der Waals surface area contributed by atoms with E-state index in [2.05, 4.69) is 79.9 Å². The minimum Gasteiger partial charge on any atom is -0.357 e. The molecule has 0 amide bonds. The molecular formula is C25H32N4O. The number of benzene rings is 1. The molecule has 2 N–H and O–H groups in total. The molecule has 3 rings (SSSR count). The highest BCUT2D eigenvalue weighted by Gasteiger charge is 2.13. The van der Waals surface area contributed by atoms with Crippen molar-refractivity contribution in [1.82, 2.24) is 14.9 Å². The molecule has 0 aliphatic heterocycles. The predicted molar refractivity (Wildman–Crippen MR) is 124 cm³/mol. The molecule has 0 atom stereocenters. The van der Waals surface area contributed by atoms with Crippen molar-refractivity contribution in [1.29, 1.82) is 0 Å². The first kappa shape index (κ1) is 21.8. The molecule has 0 radical (unpaired) electrons. The van der Waals surface area contributed by atoms with Gasteiger partial charge in [0.25, 0.3) is 0 Å². The van der Waals surface area contributed by atoms with Crippen molar-refractivity contribution in [3.05, 3.63) is 76.4 Å². The fourth-order valence-corrected chi connectivity index (χ4v) is 3.68. The number of aromatic nitrogens is 2. The summed E-state index contributed by atoms with van der Waals surface area (Å²) in [4.78, 5) is 24.5. The van der Waals surface area contributed by atoms with Crippen LogP contribution in [0.4, 0.5) is 5.69 Å². The van der Waals surface area contributed by atoms with Gasteiger partial charge in [0.15, 0.2) is 6.29 Å². The van der Waals surface area contributed by atoms with Gasteiger partial charge in [-0.3, -0.25) is 14.7 Å². The summed E-state index contributed by atoms with van der Waals surface area (Å²) in [6, 6.07) is 14.4. The molecule has 0 unspecified atom stereocenters. The summed E-state index contributed by atoms with van der Waals surface area (Å²) < 4.78 is 0. The second-order valence-corrected chi connectivity index (χ2v) is 8.52. The molecule has 30 heavy (non-hydrogen) atoms. The Morgan fingerprint density at radius 3 is 1.90 bits per heavy atom. The van der Waals surface area contributed by atoms with Gasteiger partial charge in [-0.2, -0.15) is 0 Å². The summed E-state index contributed by atoms with van der Waals surface area (Å²) >= 11 is 0.